The van der Waals surface area contributed by atoms with E-state index in [1.165, 1.54) is 10.8 Å². The van der Waals surface area contributed by atoms with Crippen molar-refractivity contribution in [1.82, 2.24) is 20.0 Å². The van der Waals surface area contributed by atoms with Crippen molar-refractivity contribution in [2.24, 2.45) is 0 Å². The van der Waals surface area contributed by atoms with Gasteiger partial charge in [-0.2, -0.15) is 5.10 Å². The summed E-state index contributed by atoms with van der Waals surface area (Å²) in [6, 6.07) is 3.22. The number of fused-ring (bicyclic) bond motifs is 1. The highest BCUT2D eigenvalue weighted by atomic mass is 16.4. The van der Waals surface area contributed by atoms with E-state index in [1.54, 1.807) is 12.1 Å². The second-order valence-electron chi connectivity index (χ2n) is 2.14. The Morgan fingerprint density at radius 3 is 3.17 bits per heavy atom. The molecule has 60 valence electrons. The van der Waals surface area contributed by atoms with E-state index in [-0.39, 0.29) is 5.69 Å². The van der Waals surface area contributed by atoms with E-state index in [1.807, 2.05) is 0 Å². The van der Waals surface area contributed by atoms with Gasteiger partial charge in [-0.15, -0.1) is 9.73 Å². The van der Waals surface area contributed by atoms with Gasteiger partial charge in [-0.3, -0.25) is 0 Å². The summed E-state index contributed by atoms with van der Waals surface area (Å²) in [7, 11) is 0. The Morgan fingerprint density at radius 2 is 2.42 bits per heavy atom. The quantitative estimate of drug-likeness (QED) is 0.632. The highest BCUT2D eigenvalue weighted by Crippen LogP contribution is 2.03. The van der Waals surface area contributed by atoms with Gasteiger partial charge in [0, 0.05) is 6.20 Å². The van der Waals surface area contributed by atoms with E-state index in [0.29, 0.717) is 5.52 Å². The molecule has 0 radical (unpaired) electrons. The molecule has 2 heterocycles. The molecule has 2 aromatic rings. The monoisotopic (exact) mass is 164 g/mol. The van der Waals surface area contributed by atoms with Crippen LogP contribution in [0.15, 0.2) is 18.3 Å². The van der Waals surface area contributed by atoms with Gasteiger partial charge in [-0.1, -0.05) is 0 Å². The minimum atomic E-state index is -1.10. The predicted octanol–water partition coefficient (Wildman–Crippen LogP) is -0.178. The van der Waals surface area contributed by atoms with E-state index in [2.05, 4.69) is 15.4 Å². The second-order valence-corrected chi connectivity index (χ2v) is 2.14. The van der Waals surface area contributed by atoms with E-state index in [0.717, 1.165) is 0 Å². The molecule has 0 aliphatic heterocycles. The first-order valence-electron chi connectivity index (χ1n) is 3.19. The number of aromatic carboxylic acids is 1. The van der Waals surface area contributed by atoms with Gasteiger partial charge in [0.05, 0.1) is 0 Å². The molecular formula is C6H4N4O2. The topological polar surface area (TPSA) is 80.4 Å². The summed E-state index contributed by atoms with van der Waals surface area (Å²) >= 11 is 0. The van der Waals surface area contributed by atoms with Gasteiger partial charge in [-0.25, -0.2) is 4.79 Å². The molecule has 0 aliphatic rings. The van der Waals surface area contributed by atoms with Crippen molar-refractivity contribution in [3.8, 4) is 0 Å². The first-order valence-corrected chi connectivity index (χ1v) is 3.19. The maximum atomic E-state index is 10.5. The van der Waals surface area contributed by atoms with Crippen LogP contribution >= 0.6 is 0 Å². The largest absolute Gasteiger partial charge is 0.476 e. The Kier molecular flexibility index (Phi) is 1.26. The number of nitrogens with zero attached hydrogens (tertiary/aromatic N) is 4. The van der Waals surface area contributed by atoms with Gasteiger partial charge < -0.3 is 5.11 Å². The van der Waals surface area contributed by atoms with Crippen molar-refractivity contribution in [3.63, 3.8) is 0 Å². The Morgan fingerprint density at radius 1 is 1.58 bits per heavy atom. The fraction of sp³-hybridized carbons (Fsp3) is 0. The number of aromatic nitrogens is 4. The Hall–Kier alpha value is -1.98. The maximum Gasteiger partial charge on any atom is 0.358 e. The van der Waals surface area contributed by atoms with Crippen LogP contribution in [0.4, 0.5) is 0 Å². The number of hydrogen-bond acceptors (Lipinski definition) is 4. The molecule has 2 rings (SSSR count). The van der Waals surface area contributed by atoms with E-state index < -0.39 is 5.97 Å². The molecule has 6 heteroatoms. The van der Waals surface area contributed by atoms with Gasteiger partial charge in [0.15, 0.2) is 5.69 Å². The summed E-state index contributed by atoms with van der Waals surface area (Å²) in [5.74, 6) is -1.10. The molecule has 0 saturated heterocycles. The van der Waals surface area contributed by atoms with E-state index in [9.17, 15) is 4.79 Å². The zero-order chi connectivity index (χ0) is 8.55. The van der Waals surface area contributed by atoms with Gasteiger partial charge in [-0.05, 0) is 17.3 Å². The molecule has 0 amide bonds. The zero-order valence-electron chi connectivity index (χ0n) is 5.88. The minimum absolute atomic E-state index is 0.0805. The van der Waals surface area contributed by atoms with Gasteiger partial charge >= 0.3 is 5.97 Å². The molecule has 0 atom stereocenters. The van der Waals surface area contributed by atoms with Crippen LogP contribution in [0, 0.1) is 0 Å². The van der Waals surface area contributed by atoms with Crippen LogP contribution in [0.5, 0.6) is 0 Å². The van der Waals surface area contributed by atoms with E-state index >= 15 is 0 Å². The smallest absolute Gasteiger partial charge is 0.358 e. The summed E-state index contributed by atoms with van der Waals surface area (Å²) in [4.78, 5) is 10.5. The second kappa shape index (κ2) is 2.26. The molecule has 0 bridgehead atoms. The number of carboxylic acid groups (broad SMARTS) is 1. The highest BCUT2D eigenvalue weighted by Gasteiger charge is 2.12. The van der Waals surface area contributed by atoms with Crippen LogP contribution in [-0.2, 0) is 0 Å². The molecule has 12 heavy (non-hydrogen) atoms. The lowest BCUT2D eigenvalue weighted by Crippen LogP contribution is -1.97. The van der Waals surface area contributed by atoms with Crippen LogP contribution in [0.25, 0.3) is 5.52 Å². The third-order valence-corrected chi connectivity index (χ3v) is 1.41. The van der Waals surface area contributed by atoms with Gasteiger partial charge in [0.2, 0.25) is 0 Å². The molecule has 0 spiro atoms. The zero-order valence-corrected chi connectivity index (χ0v) is 5.88. The van der Waals surface area contributed by atoms with Crippen LogP contribution in [0.3, 0.4) is 0 Å². The first-order chi connectivity index (χ1) is 5.79. The van der Waals surface area contributed by atoms with E-state index in [4.69, 9.17) is 5.11 Å². The molecule has 0 aliphatic carbocycles. The molecule has 6 nitrogen and oxygen atoms in total. The summed E-state index contributed by atoms with van der Waals surface area (Å²) in [5.41, 5.74) is 0.313. The molecule has 0 unspecified atom stereocenters. The number of carbonyl (C=O) groups is 1. The molecule has 0 fully saturated rings. The highest BCUT2D eigenvalue weighted by molar-refractivity contribution is 5.92. The van der Waals surface area contributed by atoms with Crippen molar-refractivity contribution in [3.05, 3.63) is 24.0 Å². The lowest BCUT2D eigenvalue weighted by Gasteiger charge is -1.87. The Bertz CT molecular complexity index is 436. The summed E-state index contributed by atoms with van der Waals surface area (Å²) in [5, 5.41) is 19.4. The van der Waals surface area contributed by atoms with Crippen LogP contribution in [0.2, 0.25) is 0 Å². The SMILES string of the molecule is O=C(O)c1nnn2ncccc12. The lowest BCUT2D eigenvalue weighted by molar-refractivity contribution is 0.0692. The number of rotatable bonds is 1. The van der Waals surface area contributed by atoms with Crippen molar-refractivity contribution in [2.45, 2.75) is 0 Å². The molecule has 0 aromatic carbocycles. The molecular weight excluding hydrogens is 160 g/mol. The molecule has 2 aromatic heterocycles. The minimum Gasteiger partial charge on any atom is -0.476 e. The molecule has 0 saturated carbocycles. The fourth-order valence-electron chi connectivity index (χ4n) is 0.900. The third-order valence-electron chi connectivity index (χ3n) is 1.41. The van der Waals surface area contributed by atoms with Crippen LogP contribution in [0.1, 0.15) is 10.5 Å². The molecule has 1 N–H and O–H groups in total. The van der Waals surface area contributed by atoms with Crippen LogP contribution in [-0.4, -0.2) is 31.1 Å². The standard InChI is InChI=1S/C6H4N4O2/c11-6(12)5-4-2-1-3-7-10(4)9-8-5/h1-3H,(H,11,12). The van der Waals surface area contributed by atoms with Crippen molar-refractivity contribution < 1.29 is 9.90 Å². The number of carboxylic acids is 1. The predicted molar refractivity (Wildman–Crippen MR) is 37.7 cm³/mol. The maximum absolute atomic E-state index is 10.5. The lowest BCUT2D eigenvalue weighted by atomic mass is 10.3. The third kappa shape index (κ3) is 0.815. The average Bonchev–Trinajstić information content (AvgIpc) is 2.47. The first kappa shape index (κ1) is 6.71. The average molecular weight is 164 g/mol. The van der Waals surface area contributed by atoms with Crippen molar-refractivity contribution in [1.29, 1.82) is 0 Å². The fourth-order valence-corrected chi connectivity index (χ4v) is 0.900. The summed E-state index contributed by atoms with van der Waals surface area (Å²) in [6.45, 7) is 0. The van der Waals surface area contributed by atoms with Crippen molar-refractivity contribution >= 4 is 11.5 Å². The Balaban J connectivity index is 2.79. The van der Waals surface area contributed by atoms with Crippen LogP contribution < -0.4 is 0 Å². The number of hydrogen-bond donors (Lipinski definition) is 1. The van der Waals surface area contributed by atoms with Gasteiger partial charge in [0.1, 0.15) is 5.52 Å². The van der Waals surface area contributed by atoms with Crippen molar-refractivity contribution in [2.75, 3.05) is 0 Å². The Labute approximate surface area is 66.4 Å². The normalized spacial score (nSPS) is 10.3. The van der Waals surface area contributed by atoms with Gasteiger partial charge in [0.25, 0.3) is 0 Å². The summed E-state index contributed by atoms with van der Waals surface area (Å²) < 4.78 is 1.17. The summed E-state index contributed by atoms with van der Waals surface area (Å²) in [6.07, 6.45) is 1.51.